The quantitative estimate of drug-likeness (QED) is 0.530. The van der Waals surface area contributed by atoms with Gasteiger partial charge in [-0.2, -0.15) is 4.98 Å². The molecule has 10 nitrogen and oxygen atoms in total. The van der Waals surface area contributed by atoms with Crippen LogP contribution in [-0.2, 0) is 18.5 Å². The minimum absolute atomic E-state index is 0.0291. The van der Waals surface area contributed by atoms with Crippen LogP contribution in [0.2, 0.25) is 0 Å². The van der Waals surface area contributed by atoms with E-state index in [1.165, 1.54) is 10.9 Å². The lowest BCUT2D eigenvalue weighted by atomic mass is 10.5. The number of imidazole rings is 2. The molecule has 3 rings (SSSR count). The van der Waals surface area contributed by atoms with E-state index in [-0.39, 0.29) is 37.0 Å². The Balaban J connectivity index is 0.000000246. The predicted molar refractivity (Wildman–Crippen MR) is 78.8 cm³/mol. The van der Waals surface area contributed by atoms with Gasteiger partial charge in [-0.3, -0.25) is 14.3 Å². The molecule has 3 heterocycles. The molecule has 0 atom stereocenters. The summed E-state index contributed by atoms with van der Waals surface area (Å²) in [5.74, 6) is 0.0291. The Morgan fingerprint density at radius 1 is 1.45 bits per heavy atom. The van der Waals surface area contributed by atoms with Gasteiger partial charge in [0.05, 0.1) is 25.9 Å². The van der Waals surface area contributed by atoms with Gasteiger partial charge < -0.3 is 20.1 Å². The van der Waals surface area contributed by atoms with Crippen LogP contribution in [0.15, 0.2) is 29.8 Å². The van der Waals surface area contributed by atoms with Gasteiger partial charge in [-0.05, 0) is 0 Å². The van der Waals surface area contributed by atoms with Gasteiger partial charge in [0.25, 0.3) is 5.56 Å². The largest absolute Gasteiger partial charge is 0.394 e. The van der Waals surface area contributed by atoms with Gasteiger partial charge in [0.15, 0.2) is 11.2 Å². The van der Waals surface area contributed by atoms with E-state index in [0.717, 1.165) is 0 Å². The van der Waals surface area contributed by atoms with E-state index in [4.69, 9.17) is 15.6 Å². The molecule has 4 N–H and O–H groups in total. The molecule has 10 heteroatoms. The maximum absolute atomic E-state index is 11.4. The number of nitrogens with zero attached hydrogens (tertiary/aromatic N) is 5. The summed E-state index contributed by atoms with van der Waals surface area (Å²) in [4.78, 5) is 25.4. The highest BCUT2D eigenvalue weighted by atomic mass is 16.5. The van der Waals surface area contributed by atoms with E-state index in [1.807, 2.05) is 17.8 Å². The highest BCUT2D eigenvalue weighted by Crippen LogP contribution is 2.05. The maximum Gasteiger partial charge on any atom is 0.280 e. The Morgan fingerprint density at radius 2 is 2.27 bits per heavy atom. The molecule has 0 unspecified atom stereocenters. The normalized spacial score (nSPS) is 10.5. The van der Waals surface area contributed by atoms with E-state index < -0.39 is 0 Å². The summed E-state index contributed by atoms with van der Waals surface area (Å²) >= 11 is 0. The summed E-state index contributed by atoms with van der Waals surface area (Å²) in [5.41, 5.74) is 5.60. The number of anilines is 1. The standard InChI is InChI=1S/C8H11N5O3.C4H6N2/c9-8-11-6-5(7(15)12-8)10-3-13(6)4-16-2-1-14;1-6-3-2-5-4-6/h3,14H,1-2,4H2,(H3,9,11,12,15);2-4H,1H3. The summed E-state index contributed by atoms with van der Waals surface area (Å²) in [6.45, 7) is 0.300. The third kappa shape index (κ3) is 3.90. The van der Waals surface area contributed by atoms with Gasteiger partial charge in [-0.15, -0.1) is 0 Å². The molecule has 0 fully saturated rings. The van der Waals surface area contributed by atoms with E-state index in [2.05, 4.69) is 19.9 Å². The van der Waals surface area contributed by atoms with Gasteiger partial charge in [0.2, 0.25) is 5.95 Å². The summed E-state index contributed by atoms with van der Waals surface area (Å²) in [7, 11) is 1.94. The number of aromatic nitrogens is 6. The van der Waals surface area contributed by atoms with Crippen LogP contribution in [0.5, 0.6) is 0 Å². The van der Waals surface area contributed by atoms with E-state index in [1.54, 1.807) is 12.5 Å². The Labute approximate surface area is 125 Å². The van der Waals surface area contributed by atoms with E-state index in [0.29, 0.717) is 5.65 Å². The number of aryl methyl sites for hydroxylation is 1. The highest BCUT2D eigenvalue weighted by molar-refractivity contribution is 5.70. The monoisotopic (exact) mass is 307 g/mol. The Hall–Kier alpha value is -2.72. The second-order valence-electron chi connectivity index (χ2n) is 4.33. The van der Waals surface area contributed by atoms with Crippen LogP contribution in [-0.4, -0.2) is 47.4 Å². The zero-order chi connectivity index (χ0) is 15.9. The molecule has 118 valence electrons. The second kappa shape index (κ2) is 7.33. The molecule has 0 spiro atoms. The first-order valence-electron chi connectivity index (χ1n) is 6.43. The molecule has 0 aliphatic heterocycles. The first-order valence-corrected chi connectivity index (χ1v) is 6.43. The lowest BCUT2D eigenvalue weighted by Gasteiger charge is -2.03. The number of rotatable bonds is 4. The number of aromatic amines is 1. The van der Waals surface area contributed by atoms with Crippen molar-refractivity contribution in [2.75, 3.05) is 18.9 Å². The Morgan fingerprint density at radius 3 is 2.86 bits per heavy atom. The SMILES string of the molecule is Cn1ccnc1.Nc1nc2c(ncn2COCCO)c(=O)[nH]1. The van der Waals surface area contributed by atoms with Crippen molar-refractivity contribution < 1.29 is 9.84 Å². The molecular weight excluding hydrogens is 290 g/mol. The fourth-order valence-electron chi connectivity index (χ4n) is 1.62. The molecule has 0 saturated heterocycles. The number of nitrogens with one attached hydrogen (secondary N) is 1. The fraction of sp³-hybridized carbons (Fsp3) is 0.333. The minimum Gasteiger partial charge on any atom is -0.394 e. The Kier molecular flexibility index (Phi) is 5.22. The Bertz CT molecular complexity index is 763. The number of ether oxygens (including phenoxy) is 1. The zero-order valence-corrected chi connectivity index (χ0v) is 12.0. The molecule has 0 radical (unpaired) electrons. The first-order chi connectivity index (χ1) is 10.6. The van der Waals surface area contributed by atoms with Crippen molar-refractivity contribution in [3.8, 4) is 0 Å². The lowest BCUT2D eigenvalue weighted by Crippen LogP contribution is -2.13. The molecule has 0 amide bonds. The number of aliphatic hydroxyl groups excluding tert-OH is 1. The van der Waals surface area contributed by atoms with Crippen LogP contribution >= 0.6 is 0 Å². The van der Waals surface area contributed by atoms with Crippen molar-refractivity contribution in [1.82, 2.24) is 29.1 Å². The van der Waals surface area contributed by atoms with Crippen molar-refractivity contribution in [1.29, 1.82) is 0 Å². The molecule has 3 aromatic rings. The number of aliphatic hydroxyl groups is 1. The zero-order valence-electron chi connectivity index (χ0n) is 12.0. The smallest absolute Gasteiger partial charge is 0.280 e. The molecule has 22 heavy (non-hydrogen) atoms. The molecule has 0 aromatic carbocycles. The number of H-pyrrole nitrogens is 1. The van der Waals surface area contributed by atoms with E-state index in [9.17, 15) is 4.79 Å². The number of nitrogens with two attached hydrogens (primary N) is 1. The van der Waals surface area contributed by atoms with Gasteiger partial charge in [-0.25, -0.2) is 9.97 Å². The number of nitrogen functional groups attached to an aromatic ring is 1. The van der Waals surface area contributed by atoms with Crippen molar-refractivity contribution in [2.45, 2.75) is 6.73 Å². The third-order valence-corrected chi connectivity index (χ3v) is 2.60. The second-order valence-corrected chi connectivity index (χ2v) is 4.33. The average Bonchev–Trinajstić information content (AvgIpc) is 3.10. The van der Waals surface area contributed by atoms with Crippen LogP contribution in [0.1, 0.15) is 0 Å². The van der Waals surface area contributed by atoms with Crippen LogP contribution in [0.4, 0.5) is 5.95 Å². The molecule has 3 aromatic heterocycles. The summed E-state index contributed by atoms with van der Waals surface area (Å²) in [6, 6.07) is 0. The summed E-state index contributed by atoms with van der Waals surface area (Å²) in [6.07, 6.45) is 6.82. The van der Waals surface area contributed by atoms with Crippen molar-refractivity contribution in [3.05, 3.63) is 35.4 Å². The minimum atomic E-state index is -0.386. The van der Waals surface area contributed by atoms with Gasteiger partial charge in [-0.1, -0.05) is 0 Å². The molecule has 0 bridgehead atoms. The average molecular weight is 307 g/mol. The molecular formula is C12H17N7O3. The highest BCUT2D eigenvalue weighted by Gasteiger charge is 2.08. The molecule has 0 aliphatic rings. The van der Waals surface area contributed by atoms with Crippen LogP contribution in [0.3, 0.4) is 0 Å². The first kappa shape index (κ1) is 15.7. The van der Waals surface area contributed by atoms with E-state index >= 15 is 0 Å². The van der Waals surface area contributed by atoms with Gasteiger partial charge >= 0.3 is 0 Å². The topological polar surface area (TPSA) is 137 Å². The summed E-state index contributed by atoms with van der Waals surface area (Å²) < 4.78 is 8.52. The van der Waals surface area contributed by atoms with Crippen LogP contribution < -0.4 is 11.3 Å². The fourth-order valence-corrected chi connectivity index (χ4v) is 1.62. The summed E-state index contributed by atoms with van der Waals surface area (Å²) in [5, 5.41) is 8.56. The molecule has 0 aliphatic carbocycles. The third-order valence-electron chi connectivity index (χ3n) is 2.60. The van der Waals surface area contributed by atoms with Crippen LogP contribution in [0, 0.1) is 0 Å². The van der Waals surface area contributed by atoms with Crippen molar-refractivity contribution in [3.63, 3.8) is 0 Å². The lowest BCUT2D eigenvalue weighted by molar-refractivity contribution is 0.0499. The van der Waals surface area contributed by atoms with Gasteiger partial charge in [0, 0.05) is 19.4 Å². The van der Waals surface area contributed by atoms with Crippen LogP contribution in [0.25, 0.3) is 11.2 Å². The predicted octanol–water partition coefficient (Wildman–Crippen LogP) is -0.912. The maximum atomic E-state index is 11.4. The van der Waals surface area contributed by atoms with Crippen molar-refractivity contribution >= 4 is 17.1 Å². The number of fused-ring (bicyclic) bond motifs is 1. The van der Waals surface area contributed by atoms with Gasteiger partial charge in [0.1, 0.15) is 6.73 Å². The number of hydrogen-bond acceptors (Lipinski definition) is 7. The molecule has 0 saturated carbocycles. The van der Waals surface area contributed by atoms with Crippen molar-refractivity contribution in [2.24, 2.45) is 7.05 Å². The number of hydrogen-bond donors (Lipinski definition) is 3.